The third-order valence-electron chi connectivity index (χ3n) is 0. The molecule has 0 unspecified atom stereocenters. The minimum atomic E-state index is 0. The number of hydrogen-bond donors (Lipinski definition) is 1. The van der Waals surface area contributed by atoms with Gasteiger partial charge in [0.1, 0.15) is 0 Å². The van der Waals surface area contributed by atoms with Gasteiger partial charge in [-0.3, -0.25) is 0 Å². The number of aliphatic hydroxyl groups is 1. The molecule has 0 bridgehead atoms. The van der Waals surface area contributed by atoms with Crippen LogP contribution < -0.4 is 0 Å². The average molecular weight is 198 g/mol. The Hall–Kier alpha value is 1.04. The van der Waals surface area contributed by atoms with Gasteiger partial charge in [-0.1, -0.05) is 0 Å². The van der Waals surface area contributed by atoms with E-state index >= 15 is 0 Å². The van der Waals surface area contributed by atoms with Crippen molar-refractivity contribution in [2.24, 2.45) is 0 Å². The molecule has 0 aromatic heterocycles. The molecule has 0 aliphatic heterocycles. The van der Waals surface area contributed by atoms with Crippen molar-refractivity contribution in [2.45, 2.75) is 0 Å². The molecule has 4 heavy (non-hydrogen) atoms. The molecule has 0 heterocycles. The van der Waals surface area contributed by atoms with Crippen LogP contribution in [0.1, 0.15) is 0 Å². The first-order valence-electron chi connectivity index (χ1n) is 0.447. The zero-order chi connectivity index (χ0) is 2.00. The Morgan fingerprint density at radius 3 is 1.25 bits per heavy atom. The predicted octanol–water partition coefficient (Wildman–Crippen LogP) is -0.886. The normalized spacial score (nSPS) is 1.50. The Labute approximate surface area is 48.5 Å². The Kier molecular flexibility index (Phi) is 171. The van der Waals surface area contributed by atoms with Gasteiger partial charge in [0, 0.05) is 7.11 Å². The second-order valence-electron chi connectivity index (χ2n) is 0. The van der Waals surface area contributed by atoms with Gasteiger partial charge in [0.05, 0.1) is 0 Å². The summed E-state index contributed by atoms with van der Waals surface area (Å²) in [7, 11) is 1.00. The first-order chi connectivity index (χ1) is 1.00. The van der Waals surface area contributed by atoms with Crippen LogP contribution in [0, 0.1) is 0 Å². The SMILES string of the molecule is CO.Cl.[TeH2]. The molecule has 3 heteroatoms. The molecule has 0 aliphatic carbocycles. The minimum absolute atomic E-state index is 0. The second-order valence-corrected chi connectivity index (χ2v) is 0. The van der Waals surface area contributed by atoms with Crippen molar-refractivity contribution in [1.82, 2.24) is 0 Å². The van der Waals surface area contributed by atoms with E-state index in [0.29, 0.717) is 0 Å². The van der Waals surface area contributed by atoms with Gasteiger partial charge in [0.2, 0.25) is 0 Å². The fourth-order valence-electron chi connectivity index (χ4n) is 0. The summed E-state index contributed by atoms with van der Waals surface area (Å²) in [5.74, 6) is 0. The molecule has 0 rings (SSSR count). The summed E-state index contributed by atoms with van der Waals surface area (Å²) in [5.41, 5.74) is 0. The summed E-state index contributed by atoms with van der Waals surface area (Å²) in [5, 5.41) is 7.00. The van der Waals surface area contributed by atoms with E-state index in [1.54, 1.807) is 0 Å². The van der Waals surface area contributed by atoms with E-state index in [1.807, 2.05) is 0 Å². The fourth-order valence-corrected chi connectivity index (χ4v) is 0. The fraction of sp³-hybridized carbons (Fsp3) is 1.00. The molecular formula is CH7ClOTe. The van der Waals surface area contributed by atoms with Crippen molar-refractivity contribution < 1.29 is 5.11 Å². The van der Waals surface area contributed by atoms with Crippen molar-refractivity contribution in [3.8, 4) is 0 Å². The maximum atomic E-state index is 7.00. The van der Waals surface area contributed by atoms with Gasteiger partial charge < -0.3 is 5.11 Å². The summed E-state index contributed by atoms with van der Waals surface area (Å²) in [6.07, 6.45) is 0. The van der Waals surface area contributed by atoms with E-state index in [1.165, 1.54) is 0 Å². The zero-order valence-electron chi connectivity index (χ0n) is 2.36. The van der Waals surface area contributed by atoms with Crippen LogP contribution in [0.25, 0.3) is 0 Å². The van der Waals surface area contributed by atoms with Crippen molar-refractivity contribution in [3.63, 3.8) is 0 Å². The van der Waals surface area contributed by atoms with Crippen molar-refractivity contribution in [2.75, 3.05) is 7.11 Å². The van der Waals surface area contributed by atoms with Gasteiger partial charge in [0.15, 0.2) is 0 Å². The first kappa shape index (κ1) is 19.8. The topological polar surface area (TPSA) is 20.2 Å². The molecule has 0 radical (unpaired) electrons. The summed E-state index contributed by atoms with van der Waals surface area (Å²) in [6.45, 7) is 0. The van der Waals surface area contributed by atoms with Crippen LogP contribution in [0.3, 0.4) is 0 Å². The third-order valence-corrected chi connectivity index (χ3v) is 0. The molecule has 0 aromatic carbocycles. The van der Waals surface area contributed by atoms with Gasteiger partial charge in [-0.05, 0) is 0 Å². The first-order valence-corrected chi connectivity index (χ1v) is 0.447. The molecule has 0 saturated heterocycles. The van der Waals surface area contributed by atoms with Crippen molar-refractivity contribution >= 4 is 36.1 Å². The zero-order valence-corrected chi connectivity index (χ0v) is 6.03. The molecule has 0 aromatic rings. The van der Waals surface area contributed by atoms with E-state index in [4.69, 9.17) is 5.11 Å². The van der Waals surface area contributed by atoms with E-state index in [2.05, 4.69) is 0 Å². The van der Waals surface area contributed by atoms with Crippen LogP contribution in [0.15, 0.2) is 0 Å². The molecule has 0 amide bonds. The molecule has 30 valence electrons. The molecule has 1 N–H and O–H groups in total. The van der Waals surface area contributed by atoms with Crippen LogP contribution in [0.4, 0.5) is 0 Å². The average Bonchev–Trinajstić information content (AvgIpc) is 1.00. The van der Waals surface area contributed by atoms with E-state index < -0.39 is 0 Å². The molecular weight excluding hydrogens is 191 g/mol. The van der Waals surface area contributed by atoms with Gasteiger partial charge in [-0.25, -0.2) is 0 Å². The molecule has 0 spiro atoms. The van der Waals surface area contributed by atoms with Crippen LogP contribution >= 0.6 is 12.4 Å². The molecule has 0 saturated carbocycles. The van der Waals surface area contributed by atoms with E-state index in [-0.39, 0.29) is 36.1 Å². The molecule has 0 aliphatic rings. The molecule has 0 atom stereocenters. The number of halogens is 1. The quantitative estimate of drug-likeness (QED) is 0.501. The summed E-state index contributed by atoms with van der Waals surface area (Å²) in [4.78, 5) is 0. The summed E-state index contributed by atoms with van der Waals surface area (Å²) >= 11 is 0. The Bertz CT molecular complexity index is 8.00. The van der Waals surface area contributed by atoms with Crippen LogP contribution in [-0.4, -0.2) is 35.9 Å². The molecule has 0 fully saturated rings. The van der Waals surface area contributed by atoms with Gasteiger partial charge in [0.25, 0.3) is 0 Å². The maximum absolute atomic E-state index is 7.00. The third kappa shape index (κ3) is 11.7. The van der Waals surface area contributed by atoms with Crippen LogP contribution in [-0.2, 0) is 0 Å². The summed E-state index contributed by atoms with van der Waals surface area (Å²) in [6, 6.07) is 0. The monoisotopic (exact) mass is 200 g/mol. The van der Waals surface area contributed by atoms with Crippen molar-refractivity contribution in [1.29, 1.82) is 0 Å². The van der Waals surface area contributed by atoms with Crippen LogP contribution in [0.5, 0.6) is 0 Å². The van der Waals surface area contributed by atoms with Crippen LogP contribution in [0.2, 0.25) is 0 Å². The van der Waals surface area contributed by atoms with E-state index in [0.717, 1.165) is 7.11 Å². The Balaban J connectivity index is -0.00000000500. The standard InChI is InChI=1S/CH4O.ClH.H2Te/c1-2;;/h2H,1H3;1H;1H2. The summed E-state index contributed by atoms with van der Waals surface area (Å²) < 4.78 is 0. The number of hydrogen-bond acceptors (Lipinski definition) is 1. The van der Waals surface area contributed by atoms with Gasteiger partial charge in [-0.15, -0.1) is 12.4 Å². The van der Waals surface area contributed by atoms with Crippen molar-refractivity contribution in [3.05, 3.63) is 0 Å². The van der Waals surface area contributed by atoms with Gasteiger partial charge >= 0.3 is 23.7 Å². The number of rotatable bonds is 0. The predicted molar refractivity (Wildman–Crippen MR) is 23.9 cm³/mol. The molecule has 1 nitrogen and oxygen atoms in total. The Morgan fingerprint density at radius 1 is 1.25 bits per heavy atom. The Morgan fingerprint density at radius 2 is 1.25 bits per heavy atom. The van der Waals surface area contributed by atoms with E-state index in [9.17, 15) is 0 Å². The number of aliphatic hydroxyl groups excluding tert-OH is 1. The van der Waals surface area contributed by atoms with Gasteiger partial charge in [-0.2, -0.15) is 0 Å². The second kappa shape index (κ2) is 34.5.